The number of hydrogen-bond acceptors (Lipinski definition) is 3. The van der Waals surface area contributed by atoms with Gasteiger partial charge in [-0.3, -0.25) is 14.7 Å². The number of rotatable bonds is 8. The average Bonchev–Trinajstić information content (AvgIpc) is 2.75. The minimum absolute atomic E-state index is 0.124. The van der Waals surface area contributed by atoms with Gasteiger partial charge in [0.2, 0.25) is 11.8 Å². The summed E-state index contributed by atoms with van der Waals surface area (Å²) in [4.78, 5) is 23.2. The van der Waals surface area contributed by atoms with Gasteiger partial charge in [-0.2, -0.15) is 5.10 Å². The summed E-state index contributed by atoms with van der Waals surface area (Å²) in [5, 5.41) is 12.1. The molecule has 1 rings (SSSR count). The lowest BCUT2D eigenvalue weighted by Gasteiger charge is -2.04. The average molecular weight is 276 g/mol. The first-order chi connectivity index (χ1) is 9.58. The molecule has 108 valence electrons. The molecule has 3 N–H and O–H groups in total. The fourth-order valence-corrected chi connectivity index (χ4v) is 1.50. The summed E-state index contributed by atoms with van der Waals surface area (Å²) in [6.07, 6.45) is 5.32. The molecule has 0 radical (unpaired) electrons. The van der Waals surface area contributed by atoms with E-state index in [1.807, 2.05) is 0 Å². The first-order valence-corrected chi connectivity index (χ1v) is 6.45. The number of amides is 2. The fourth-order valence-electron chi connectivity index (χ4n) is 1.50. The Morgan fingerprint density at radius 3 is 2.25 bits per heavy atom. The number of hydrogen-bond donors (Lipinski definition) is 3. The minimum Gasteiger partial charge on any atom is -0.311 e. The van der Waals surface area contributed by atoms with Gasteiger partial charge >= 0.3 is 0 Å². The minimum atomic E-state index is -0.135. The number of aromatic amines is 1. The Labute approximate surface area is 118 Å². The van der Waals surface area contributed by atoms with Gasteiger partial charge in [0.05, 0.1) is 0 Å². The van der Waals surface area contributed by atoms with Gasteiger partial charge in [-0.15, -0.1) is 13.2 Å². The zero-order valence-electron chi connectivity index (χ0n) is 11.7. The van der Waals surface area contributed by atoms with Crippen molar-refractivity contribution in [3.05, 3.63) is 30.9 Å². The molecule has 20 heavy (non-hydrogen) atoms. The van der Waals surface area contributed by atoms with Crippen molar-refractivity contribution in [2.45, 2.75) is 32.6 Å². The highest BCUT2D eigenvalue weighted by Crippen LogP contribution is 2.20. The third-order valence-electron chi connectivity index (χ3n) is 2.68. The molecule has 6 nitrogen and oxygen atoms in total. The summed E-state index contributed by atoms with van der Waals surface area (Å²) in [5.41, 5.74) is 0.698. The number of H-pyrrole nitrogens is 1. The van der Waals surface area contributed by atoms with Crippen molar-refractivity contribution in [1.82, 2.24) is 10.2 Å². The van der Waals surface area contributed by atoms with Crippen LogP contribution in [0.2, 0.25) is 0 Å². The smallest absolute Gasteiger partial charge is 0.225 e. The molecule has 0 fully saturated rings. The summed E-state index contributed by atoms with van der Waals surface area (Å²) in [6, 6.07) is 0. The number of anilines is 2. The number of nitrogens with zero attached hydrogens (tertiary/aromatic N) is 1. The van der Waals surface area contributed by atoms with Crippen LogP contribution in [0.15, 0.2) is 25.3 Å². The molecule has 0 aliphatic heterocycles. The second-order valence-electron chi connectivity index (χ2n) is 4.32. The Kier molecular flexibility index (Phi) is 6.22. The van der Waals surface area contributed by atoms with Gasteiger partial charge in [0.1, 0.15) is 5.82 Å². The van der Waals surface area contributed by atoms with E-state index < -0.39 is 0 Å². The van der Waals surface area contributed by atoms with Crippen LogP contribution in [-0.4, -0.2) is 22.0 Å². The van der Waals surface area contributed by atoms with E-state index in [1.54, 1.807) is 19.1 Å². The van der Waals surface area contributed by atoms with Crippen molar-refractivity contribution in [1.29, 1.82) is 0 Å². The van der Waals surface area contributed by atoms with E-state index in [-0.39, 0.29) is 11.8 Å². The van der Waals surface area contributed by atoms with Gasteiger partial charge in [0.25, 0.3) is 0 Å². The molecule has 0 saturated carbocycles. The van der Waals surface area contributed by atoms with Crippen molar-refractivity contribution in [2.24, 2.45) is 0 Å². The highest BCUT2D eigenvalue weighted by molar-refractivity contribution is 5.94. The number of carbonyl (C=O) groups excluding carboxylic acids is 2. The Bertz CT molecular complexity index is 462. The molecular weight excluding hydrogens is 256 g/mol. The van der Waals surface area contributed by atoms with Crippen LogP contribution >= 0.6 is 0 Å². The van der Waals surface area contributed by atoms with Crippen LogP contribution < -0.4 is 10.6 Å². The quantitative estimate of drug-likeness (QED) is 0.638. The first kappa shape index (κ1) is 15.7. The maximum atomic E-state index is 11.6. The fraction of sp³-hybridized carbons (Fsp3) is 0.357. The van der Waals surface area contributed by atoms with Crippen molar-refractivity contribution >= 4 is 23.5 Å². The largest absolute Gasteiger partial charge is 0.311 e. The molecule has 0 spiro atoms. The Morgan fingerprint density at radius 1 is 1.15 bits per heavy atom. The second-order valence-corrected chi connectivity index (χ2v) is 4.32. The summed E-state index contributed by atoms with van der Waals surface area (Å²) in [7, 11) is 0. The van der Waals surface area contributed by atoms with Gasteiger partial charge in [-0.1, -0.05) is 12.2 Å². The standard InChI is InChI=1S/C14H20N4O2/c1-4-6-8-11(19)15-13-10(3)14(18-17-13)16-12(20)9-7-5-2/h4-5H,1-2,6-9H2,3H3,(H3,15,16,17,18,19,20). The first-order valence-electron chi connectivity index (χ1n) is 6.45. The van der Waals surface area contributed by atoms with E-state index in [0.717, 1.165) is 0 Å². The van der Waals surface area contributed by atoms with Crippen LogP contribution in [0.25, 0.3) is 0 Å². The highest BCUT2D eigenvalue weighted by atomic mass is 16.2. The molecule has 1 aromatic heterocycles. The molecule has 0 bridgehead atoms. The number of carbonyl (C=O) groups is 2. The van der Waals surface area contributed by atoms with Crippen LogP contribution in [0.4, 0.5) is 11.6 Å². The van der Waals surface area contributed by atoms with E-state index in [2.05, 4.69) is 34.0 Å². The van der Waals surface area contributed by atoms with Crippen molar-refractivity contribution in [3.8, 4) is 0 Å². The summed E-state index contributed by atoms with van der Waals surface area (Å²) < 4.78 is 0. The number of aromatic nitrogens is 2. The molecule has 0 atom stereocenters. The molecule has 0 aromatic carbocycles. The molecule has 0 aliphatic rings. The third-order valence-corrected chi connectivity index (χ3v) is 2.68. The molecule has 0 unspecified atom stereocenters. The lowest BCUT2D eigenvalue weighted by atomic mass is 10.2. The van der Waals surface area contributed by atoms with Gasteiger partial charge in [0.15, 0.2) is 5.82 Å². The summed E-state index contributed by atoms with van der Waals surface area (Å²) in [5.74, 6) is 0.668. The molecule has 1 heterocycles. The number of allylic oxidation sites excluding steroid dienone is 2. The normalized spacial score (nSPS) is 9.85. The number of nitrogens with one attached hydrogen (secondary N) is 3. The lowest BCUT2D eigenvalue weighted by Crippen LogP contribution is -2.13. The maximum absolute atomic E-state index is 11.6. The van der Waals surface area contributed by atoms with Crippen molar-refractivity contribution in [3.63, 3.8) is 0 Å². The third kappa shape index (κ3) is 4.72. The molecular formula is C14H20N4O2. The Morgan fingerprint density at radius 2 is 1.70 bits per heavy atom. The second kappa shape index (κ2) is 7.93. The molecule has 6 heteroatoms. The predicted octanol–water partition coefficient (Wildman–Crippen LogP) is 2.53. The van der Waals surface area contributed by atoms with E-state index in [1.165, 1.54) is 0 Å². The van der Waals surface area contributed by atoms with E-state index in [9.17, 15) is 9.59 Å². The van der Waals surface area contributed by atoms with Crippen LogP contribution in [0.5, 0.6) is 0 Å². The molecule has 0 aliphatic carbocycles. The topological polar surface area (TPSA) is 86.9 Å². The van der Waals surface area contributed by atoms with Crippen LogP contribution in [0, 0.1) is 6.92 Å². The van der Waals surface area contributed by atoms with Crippen LogP contribution in [0.1, 0.15) is 31.2 Å². The molecule has 1 aromatic rings. The maximum Gasteiger partial charge on any atom is 0.225 e. The van der Waals surface area contributed by atoms with Crippen molar-refractivity contribution in [2.75, 3.05) is 10.6 Å². The van der Waals surface area contributed by atoms with Crippen molar-refractivity contribution < 1.29 is 9.59 Å². The Balaban J connectivity index is 2.60. The lowest BCUT2D eigenvalue weighted by molar-refractivity contribution is -0.117. The zero-order chi connectivity index (χ0) is 15.0. The Hall–Kier alpha value is -2.37. The van der Waals surface area contributed by atoms with E-state index in [4.69, 9.17) is 0 Å². The van der Waals surface area contributed by atoms with E-state index in [0.29, 0.717) is 42.9 Å². The molecule has 0 saturated heterocycles. The zero-order valence-corrected chi connectivity index (χ0v) is 11.7. The molecule has 2 amide bonds. The SMILES string of the molecule is C=CCCC(=O)Nc1n[nH]c(NC(=O)CCC=C)c1C. The van der Waals surface area contributed by atoms with Gasteiger partial charge in [-0.25, -0.2) is 0 Å². The van der Waals surface area contributed by atoms with Gasteiger partial charge in [0, 0.05) is 18.4 Å². The summed E-state index contributed by atoms with van der Waals surface area (Å²) in [6.45, 7) is 8.90. The monoisotopic (exact) mass is 276 g/mol. The van der Waals surface area contributed by atoms with Crippen LogP contribution in [0.3, 0.4) is 0 Å². The highest BCUT2D eigenvalue weighted by Gasteiger charge is 2.13. The summed E-state index contributed by atoms with van der Waals surface area (Å²) >= 11 is 0. The van der Waals surface area contributed by atoms with E-state index >= 15 is 0 Å². The predicted molar refractivity (Wildman–Crippen MR) is 79.4 cm³/mol. The van der Waals surface area contributed by atoms with Crippen LogP contribution in [-0.2, 0) is 9.59 Å². The van der Waals surface area contributed by atoms with Gasteiger partial charge in [-0.05, 0) is 19.8 Å². The van der Waals surface area contributed by atoms with Gasteiger partial charge < -0.3 is 10.6 Å².